The van der Waals surface area contributed by atoms with Gasteiger partial charge in [0.15, 0.2) is 6.61 Å². The number of amides is 1. The minimum absolute atomic E-state index is 0.0777. The van der Waals surface area contributed by atoms with Crippen molar-refractivity contribution in [1.29, 1.82) is 5.26 Å². The van der Waals surface area contributed by atoms with Crippen LogP contribution in [0, 0.1) is 17.1 Å². The maximum atomic E-state index is 13.1. The highest BCUT2D eigenvalue weighted by Gasteiger charge is 2.17. The monoisotopic (exact) mass is 420 g/mol. The Morgan fingerprint density at radius 2 is 1.86 bits per heavy atom. The predicted octanol–water partition coefficient (Wildman–Crippen LogP) is 4.64. The number of anilines is 1. The van der Waals surface area contributed by atoms with E-state index >= 15 is 0 Å². The van der Waals surface area contributed by atoms with E-state index in [9.17, 15) is 14.0 Å². The summed E-state index contributed by atoms with van der Waals surface area (Å²) in [6.45, 7) is -0.426. The molecule has 0 saturated carbocycles. The number of carbonyl (C=O) groups is 2. The molecule has 0 saturated heterocycles. The second-order valence-corrected chi connectivity index (χ2v) is 6.36. The predicted molar refractivity (Wildman–Crippen MR) is 105 cm³/mol. The molecular formula is C20H15Cl2FN2O3. The number of halogens is 3. The third kappa shape index (κ3) is 6.38. The lowest BCUT2D eigenvalue weighted by atomic mass is 10.2. The Hall–Kier alpha value is -2.88. The fraction of sp³-hybridized carbons (Fsp3) is 0.150. The zero-order chi connectivity index (χ0) is 20.5. The fourth-order valence-electron chi connectivity index (χ4n) is 2.22. The maximum absolute atomic E-state index is 13.1. The molecular weight excluding hydrogens is 406 g/mol. The van der Waals surface area contributed by atoms with Crippen molar-refractivity contribution in [3.63, 3.8) is 0 Å². The first-order valence-electron chi connectivity index (χ1n) is 8.13. The van der Waals surface area contributed by atoms with E-state index in [2.05, 4.69) is 0 Å². The highest BCUT2D eigenvalue weighted by atomic mass is 35.5. The molecule has 0 aromatic heterocycles. The lowest BCUT2D eigenvalue weighted by molar-refractivity contribution is -0.142. The van der Waals surface area contributed by atoms with E-state index in [0.29, 0.717) is 21.3 Å². The number of ether oxygens (including phenoxy) is 1. The van der Waals surface area contributed by atoms with Crippen molar-refractivity contribution in [2.24, 2.45) is 0 Å². The Bertz CT molecular complexity index is 924. The van der Waals surface area contributed by atoms with Gasteiger partial charge in [-0.1, -0.05) is 29.3 Å². The first kappa shape index (κ1) is 21.4. The third-order valence-electron chi connectivity index (χ3n) is 3.58. The van der Waals surface area contributed by atoms with Gasteiger partial charge in [0.05, 0.1) is 22.5 Å². The summed E-state index contributed by atoms with van der Waals surface area (Å²) in [4.78, 5) is 25.5. The number of benzene rings is 2. The molecule has 0 atom stereocenters. The van der Waals surface area contributed by atoms with Crippen molar-refractivity contribution < 1.29 is 18.7 Å². The van der Waals surface area contributed by atoms with Gasteiger partial charge in [-0.3, -0.25) is 4.79 Å². The standard InChI is InChI=1S/C20H15Cl2FN2O3/c21-17-8-2-14(12-18(17)22)3-9-20(27)28-13-19(26)25(11-1-10-24)16-6-4-15(23)5-7-16/h2-9,12H,1,11,13H2/b9-3+. The molecule has 1 amide bonds. The minimum Gasteiger partial charge on any atom is -0.452 e. The maximum Gasteiger partial charge on any atom is 0.331 e. The summed E-state index contributed by atoms with van der Waals surface area (Å²) in [6.07, 6.45) is 2.71. The Balaban J connectivity index is 1.97. The van der Waals surface area contributed by atoms with Crippen LogP contribution in [0.4, 0.5) is 10.1 Å². The van der Waals surface area contributed by atoms with Crippen LogP contribution in [-0.2, 0) is 14.3 Å². The summed E-state index contributed by atoms with van der Waals surface area (Å²) in [5.41, 5.74) is 1.05. The van der Waals surface area contributed by atoms with Gasteiger partial charge in [0.25, 0.3) is 5.91 Å². The first-order chi connectivity index (χ1) is 13.4. The number of hydrogen-bond acceptors (Lipinski definition) is 4. The van der Waals surface area contributed by atoms with Gasteiger partial charge in [0, 0.05) is 18.3 Å². The Morgan fingerprint density at radius 3 is 2.50 bits per heavy atom. The summed E-state index contributed by atoms with van der Waals surface area (Å²) < 4.78 is 18.0. The molecule has 2 rings (SSSR count). The first-order valence-corrected chi connectivity index (χ1v) is 8.89. The van der Waals surface area contributed by atoms with Crippen LogP contribution in [0.25, 0.3) is 6.08 Å². The van der Waals surface area contributed by atoms with E-state index in [1.807, 2.05) is 6.07 Å². The smallest absolute Gasteiger partial charge is 0.331 e. The molecule has 0 aliphatic rings. The molecule has 144 valence electrons. The van der Waals surface area contributed by atoms with Crippen LogP contribution in [0.1, 0.15) is 12.0 Å². The molecule has 2 aromatic rings. The summed E-state index contributed by atoms with van der Waals surface area (Å²) >= 11 is 11.7. The Morgan fingerprint density at radius 1 is 1.14 bits per heavy atom. The molecule has 0 aliphatic heterocycles. The van der Waals surface area contributed by atoms with E-state index in [1.165, 1.54) is 35.2 Å². The molecule has 0 unspecified atom stereocenters. The van der Waals surface area contributed by atoms with Crippen molar-refractivity contribution in [3.05, 3.63) is 70.0 Å². The van der Waals surface area contributed by atoms with Gasteiger partial charge in [0.1, 0.15) is 5.82 Å². The van der Waals surface area contributed by atoms with E-state index in [-0.39, 0.29) is 13.0 Å². The zero-order valence-corrected chi connectivity index (χ0v) is 16.1. The van der Waals surface area contributed by atoms with Gasteiger partial charge in [-0.25, -0.2) is 9.18 Å². The molecule has 0 N–H and O–H groups in total. The van der Waals surface area contributed by atoms with Gasteiger partial charge in [-0.2, -0.15) is 5.26 Å². The summed E-state index contributed by atoms with van der Waals surface area (Å²) in [6, 6.07) is 12.0. The van der Waals surface area contributed by atoms with Crippen LogP contribution in [0.5, 0.6) is 0 Å². The van der Waals surface area contributed by atoms with Gasteiger partial charge >= 0.3 is 5.97 Å². The largest absolute Gasteiger partial charge is 0.452 e. The van der Waals surface area contributed by atoms with Crippen molar-refractivity contribution in [3.8, 4) is 6.07 Å². The molecule has 0 heterocycles. The highest BCUT2D eigenvalue weighted by Crippen LogP contribution is 2.23. The molecule has 0 fully saturated rings. The van der Waals surface area contributed by atoms with Gasteiger partial charge in [-0.05, 0) is 48.0 Å². The van der Waals surface area contributed by atoms with E-state index in [4.69, 9.17) is 33.2 Å². The van der Waals surface area contributed by atoms with Crippen LogP contribution in [0.2, 0.25) is 10.0 Å². The molecule has 0 aliphatic carbocycles. The summed E-state index contributed by atoms with van der Waals surface area (Å²) in [7, 11) is 0. The number of carbonyl (C=O) groups excluding carboxylic acids is 2. The normalized spacial score (nSPS) is 10.5. The van der Waals surface area contributed by atoms with Gasteiger partial charge < -0.3 is 9.64 Å². The van der Waals surface area contributed by atoms with Crippen LogP contribution in [-0.4, -0.2) is 25.0 Å². The van der Waals surface area contributed by atoms with Crippen molar-refractivity contribution in [2.75, 3.05) is 18.1 Å². The lowest BCUT2D eigenvalue weighted by Gasteiger charge is -2.21. The summed E-state index contributed by atoms with van der Waals surface area (Å²) in [5.74, 6) is -1.70. The average molecular weight is 421 g/mol. The van der Waals surface area contributed by atoms with Gasteiger partial charge in [0.2, 0.25) is 0 Å². The number of nitriles is 1. The van der Waals surface area contributed by atoms with Crippen LogP contribution in [0.3, 0.4) is 0 Å². The zero-order valence-electron chi connectivity index (χ0n) is 14.6. The van der Waals surface area contributed by atoms with E-state index in [0.717, 1.165) is 6.08 Å². The van der Waals surface area contributed by atoms with Gasteiger partial charge in [-0.15, -0.1) is 0 Å². The number of hydrogen-bond donors (Lipinski definition) is 0. The van der Waals surface area contributed by atoms with Crippen molar-refractivity contribution in [2.45, 2.75) is 6.42 Å². The number of nitrogens with zero attached hydrogens (tertiary/aromatic N) is 2. The fourth-order valence-corrected chi connectivity index (χ4v) is 2.53. The van der Waals surface area contributed by atoms with Crippen molar-refractivity contribution in [1.82, 2.24) is 0 Å². The molecule has 5 nitrogen and oxygen atoms in total. The number of esters is 1. The second-order valence-electron chi connectivity index (χ2n) is 5.54. The molecule has 0 spiro atoms. The van der Waals surface area contributed by atoms with Crippen molar-refractivity contribution >= 4 is 46.8 Å². The van der Waals surface area contributed by atoms with Crippen LogP contribution in [0.15, 0.2) is 48.5 Å². The lowest BCUT2D eigenvalue weighted by Crippen LogP contribution is -2.35. The van der Waals surface area contributed by atoms with E-state index in [1.54, 1.807) is 18.2 Å². The highest BCUT2D eigenvalue weighted by molar-refractivity contribution is 6.42. The van der Waals surface area contributed by atoms with Crippen LogP contribution < -0.4 is 4.90 Å². The molecule has 2 aromatic carbocycles. The molecule has 28 heavy (non-hydrogen) atoms. The van der Waals surface area contributed by atoms with Crippen LogP contribution >= 0.6 is 23.2 Å². The number of rotatable bonds is 7. The summed E-state index contributed by atoms with van der Waals surface area (Å²) in [5, 5.41) is 9.50. The second kappa shape index (κ2) is 10.5. The SMILES string of the molecule is N#CCCN(C(=O)COC(=O)/C=C/c1ccc(Cl)c(Cl)c1)c1ccc(F)cc1. The quantitative estimate of drug-likeness (QED) is 0.483. The Labute approximate surface area is 171 Å². The average Bonchev–Trinajstić information content (AvgIpc) is 2.68. The topological polar surface area (TPSA) is 70.4 Å². The molecule has 8 heteroatoms. The minimum atomic E-state index is -0.723. The van der Waals surface area contributed by atoms with E-state index < -0.39 is 24.3 Å². The Kier molecular flexibility index (Phi) is 8.00. The molecule has 0 radical (unpaired) electrons. The molecule has 0 bridgehead atoms. The third-order valence-corrected chi connectivity index (χ3v) is 4.32.